The van der Waals surface area contributed by atoms with Gasteiger partial charge >= 0.3 is 0 Å². The number of hydrogen-bond acceptors (Lipinski definition) is 1. The fraction of sp³-hybridized carbons (Fsp3) is 0.133. The highest BCUT2D eigenvalue weighted by Gasteiger charge is 2.05. The van der Waals surface area contributed by atoms with E-state index in [1.54, 1.807) is 0 Å². The zero-order chi connectivity index (χ0) is 11.5. The highest BCUT2D eigenvalue weighted by molar-refractivity contribution is 5.70. The quantitative estimate of drug-likeness (QED) is 0.697. The van der Waals surface area contributed by atoms with Crippen molar-refractivity contribution in [3.63, 3.8) is 0 Å². The Bertz CT molecular complexity index is 548. The Hall–Kier alpha value is -2.07. The maximum Gasteiger partial charge on any atom is 0.0991 e. The molecule has 0 radical (unpaired) electrons. The third-order valence-corrected chi connectivity index (χ3v) is 2.88. The van der Waals surface area contributed by atoms with E-state index in [0.29, 0.717) is 0 Å². The molecule has 0 atom stereocenters. The highest BCUT2D eigenvalue weighted by Crippen LogP contribution is 2.26. The van der Waals surface area contributed by atoms with Crippen LogP contribution < -0.4 is 0 Å². The largest absolute Gasteiger partial charge is 0.192 e. The Morgan fingerprint density at radius 2 is 1.69 bits per heavy atom. The molecule has 1 nitrogen and oxygen atoms in total. The third-order valence-electron chi connectivity index (χ3n) is 2.88. The summed E-state index contributed by atoms with van der Waals surface area (Å²) in [5, 5.41) is 8.97. The van der Waals surface area contributed by atoms with Gasteiger partial charge < -0.3 is 0 Å². The summed E-state index contributed by atoms with van der Waals surface area (Å²) in [6.07, 6.45) is 0. The van der Waals surface area contributed by atoms with Crippen molar-refractivity contribution in [1.29, 1.82) is 5.26 Å². The molecular formula is C15H13N. The van der Waals surface area contributed by atoms with Crippen LogP contribution in [0.4, 0.5) is 0 Å². The molecule has 1 heteroatoms. The molecule has 0 N–H and O–H groups in total. The summed E-state index contributed by atoms with van der Waals surface area (Å²) in [7, 11) is 0. The third kappa shape index (κ3) is 1.83. The molecule has 0 spiro atoms. The topological polar surface area (TPSA) is 23.8 Å². The van der Waals surface area contributed by atoms with Crippen LogP contribution in [-0.2, 0) is 0 Å². The van der Waals surface area contributed by atoms with E-state index in [-0.39, 0.29) is 0 Å². The lowest BCUT2D eigenvalue weighted by Crippen LogP contribution is -1.89. The van der Waals surface area contributed by atoms with Crippen molar-refractivity contribution in [2.45, 2.75) is 13.8 Å². The van der Waals surface area contributed by atoms with Crippen molar-refractivity contribution in [2.75, 3.05) is 0 Å². The van der Waals surface area contributed by atoms with Gasteiger partial charge in [-0.25, -0.2) is 0 Å². The van der Waals surface area contributed by atoms with Crippen molar-refractivity contribution in [1.82, 2.24) is 0 Å². The van der Waals surface area contributed by atoms with Gasteiger partial charge in [-0.2, -0.15) is 5.26 Å². The minimum atomic E-state index is 0.724. The molecule has 2 aromatic rings. The highest BCUT2D eigenvalue weighted by atomic mass is 14.2. The molecule has 0 aliphatic rings. The van der Waals surface area contributed by atoms with Gasteiger partial charge in [0.1, 0.15) is 0 Å². The van der Waals surface area contributed by atoms with Gasteiger partial charge in [0.2, 0.25) is 0 Å². The fourth-order valence-corrected chi connectivity index (χ4v) is 1.84. The van der Waals surface area contributed by atoms with Crippen molar-refractivity contribution in [3.8, 4) is 17.2 Å². The smallest absolute Gasteiger partial charge is 0.0991 e. The number of aryl methyl sites for hydroxylation is 1. The van der Waals surface area contributed by atoms with Crippen LogP contribution in [0.5, 0.6) is 0 Å². The lowest BCUT2D eigenvalue weighted by atomic mass is 9.95. The molecule has 0 amide bonds. The van der Waals surface area contributed by atoms with E-state index in [1.807, 2.05) is 37.3 Å². The molecular weight excluding hydrogens is 194 g/mol. The Kier molecular flexibility index (Phi) is 2.74. The molecule has 0 aromatic heterocycles. The molecule has 78 valence electrons. The molecule has 2 aromatic carbocycles. The van der Waals surface area contributed by atoms with Gasteiger partial charge in [-0.05, 0) is 48.2 Å². The Balaban J connectivity index is 2.66. The number of nitriles is 1. The molecule has 0 aliphatic carbocycles. The van der Waals surface area contributed by atoms with E-state index in [9.17, 15) is 0 Å². The van der Waals surface area contributed by atoms with Crippen molar-refractivity contribution in [2.24, 2.45) is 0 Å². The number of benzene rings is 2. The van der Waals surface area contributed by atoms with Crippen LogP contribution in [0.15, 0.2) is 42.5 Å². The summed E-state index contributed by atoms with van der Waals surface area (Å²) in [5.41, 5.74) is 5.45. The van der Waals surface area contributed by atoms with Crippen molar-refractivity contribution in [3.05, 3.63) is 59.2 Å². The maximum atomic E-state index is 8.97. The molecule has 16 heavy (non-hydrogen) atoms. The lowest BCUT2D eigenvalue weighted by molar-refractivity contribution is 1.32. The van der Waals surface area contributed by atoms with E-state index < -0.39 is 0 Å². The Labute approximate surface area is 96.0 Å². The molecule has 0 bridgehead atoms. The van der Waals surface area contributed by atoms with Crippen LogP contribution in [0, 0.1) is 25.2 Å². The first-order valence-corrected chi connectivity index (χ1v) is 5.29. The Morgan fingerprint density at radius 1 is 1.00 bits per heavy atom. The van der Waals surface area contributed by atoms with Crippen LogP contribution in [0.3, 0.4) is 0 Å². The predicted octanol–water partition coefficient (Wildman–Crippen LogP) is 3.84. The summed E-state index contributed by atoms with van der Waals surface area (Å²) in [6, 6.07) is 16.3. The summed E-state index contributed by atoms with van der Waals surface area (Å²) in [4.78, 5) is 0. The summed E-state index contributed by atoms with van der Waals surface area (Å²) >= 11 is 0. The molecule has 0 aliphatic heterocycles. The molecule has 0 unspecified atom stereocenters. The SMILES string of the molecule is Cc1cc(C#N)cc(-c2ccccc2)c1C. The zero-order valence-electron chi connectivity index (χ0n) is 9.49. The second-order valence-electron chi connectivity index (χ2n) is 3.94. The summed E-state index contributed by atoms with van der Waals surface area (Å²) in [5.74, 6) is 0. The van der Waals surface area contributed by atoms with Gasteiger partial charge in [0.05, 0.1) is 11.6 Å². The van der Waals surface area contributed by atoms with Gasteiger partial charge in [0.15, 0.2) is 0 Å². The average molecular weight is 207 g/mol. The number of rotatable bonds is 1. The van der Waals surface area contributed by atoms with Gasteiger partial charge in [0.25, 0.3) is 0 Å². The Morgan fingerprint density at radius 3 is 2.31 bits per heavy atom. The average Bonchev–Trinajstić information content (AvgIpc) is 2.33. The van der Waals surface area contributed by atoms with E-state index >= 15 is 0 Å². The molecule has 2 rings (SSSR count). The van der Waals surface area contributed by atoms with E-state index in [2.05, 4.69) is 25.1 Å². The number of nitrogens with zero attached hydrogens (tertiary/aromatic N) is 1. The normalized spacial score (nSPS) is 9.81. The summed E-state index contributed by atoms with van der Waals surface area (Å²) in [6.45, 7) is 4.14. The molecule has 0 fully saturated rings. The van der Waals surface area contributed by atoms with Crippen LogP contribution in [0.25, 0.3) is 11.1 Å². The van der Waals surface area contributed by atoms with Gasteiger partial charge in [-0.1, -0.05) is 30.3 Å². The van der Waals surface area contributed by atoms with Crippen molar-refractivity contribution >= 4 is 0 Å². The minimum absolute atomic E-state index is 0.724. The molecule has 0 saturated heterocycles. The first-order chi connectivity index (χ1) is 7.72. The van der Waals surface area contributed by atoms with E-state index in [0.717, 1.165) is 16.7 Å². The molecule has 0 heterocycles. The van der Waals surface area contributed by atoms with Gasteiger partial charge in [-0.3, -0.25) is 0 Å². The standard InChI is InChI=1S/C15H13N/c1-11-8-13(10-16)9-15(12(11)2)14-6-4-3-5-7-14/h3-9H,1-2H3. The van der Waals surface area contributed by atoms with E-state index in [1.165, 1.54) is 11.1 Å². The minimum Gasteiger partial charge on any atom is -0.192 e. The van der Waals surface area contributed by atoms with Crippen LogP contribution in [-0.4, -0.2) is 0 Å². The van der Waals surface area contributed by atoms with Gasteiger partial charge in [0, 0.05) is 0 Å². The lowest BCUT2D eigenvalue weighted by Gasteiger charge is -2.09. The monoisotopic (exact) mass is 207 g/mol. The fourth-order valence-electron chi connectivity index (χ4n) is 1.84. The zero-order valence-corrected chi connectivity index (χ0v) is 9.49. The predicted molar refractivity (Wildman–Crippen MR) is 66.1 cm³/mol. The van der Waals surface area contributed by atoms with E-state index in [4.69, 9.17) is 5.26 Å². The summed E-state index contributed by atoms with van der Waals surface area (Å²) < 4.78 is 0. The van der Waals surface area contributed by atoms with Crippen LogP contribution in [0.1, 0.15) is 16.7 Å². The molecule has 0 saturated carbocycles. The second-order valence-corrected chi connectivity index (χ2v) is 3.94. The number of hydrogen-bond donors (Lipinski definition) is 0. The first kappa shape index (κ1) is 10.4. The maximum absolute atomic E-state index is 8.97. The van der Waals surface area contributed by atoms with Gasteiger partial charge in [-0.15, -0.1) is 0 Å². The first-order valence-electron chi connectivity index (χ1n) is 5.29. The van der Waals surface area contributed by atoms with Crippen LogP contribution >= 0.6 is 0 Å². The van der Waals surface area contributed by atoms with Crippen LogP contribution in [0.2, 0.25) is 0 Å². The second kappa shape index (κ2) is 4.20. The van der Waals surface area contributed by atoms with Crippen molar-refractivity contribution < 1.29 is 0 Å².